The summed E-state index contributed by atoms with van der Waals surface area (Å²) in [6, 6.07) is 1.38. The lowest BCUT2D eigenvalue weighted by atomic mass is 10.1. The van der Waals surface area contributed by atoms with Gasteiger partial charge in [0.1, 0.15) is 5.69 Å². The molecule has 1 unspecified atom stereocenters. The number of aliphatic hydroxyl groups excluding tert-OH is 1. The Hall–Kier alpha value is -1.62. The average Bonchev–Trinajstić information content (AvgIpc) is 2.60. The van der Waals surface area contributed by atoms with E-state index < -0.39 is 0 Å². The number of rotatable bonds is 2. The molecule has 1 aliphatic heterocycles. The smallest absolute Gasteiger partial charge is 0.227 e. The molecule has 1 saturated heterocycles. The number of carbonyl (C=O) groups excluding carboxylic acids is 1. The van der Waals surface area contributed by atoms with Crippen molar-refractivity contribution in [1.82, 2.24) is 4.98 Å². The number of carbonyl (C=O) groups is 1. The van der Waals surface area contributed by atoms with Gasteiger partial charge in [0, 0.05) is 44.0 Å². The van der Waals surface area contributed by atoms with Crippen molar-refractivity contribution < 1.29 is 9.90 Å². The Balaban J connectivity index is 2.29. The summed E-state index contributed by atoms with van der Waals surface area (Å²) in [5, 5.41) is 8.95. The fraction of sp³-hybridized carbons (Fsp3) is 0.400. The molecule has 1 aromatic heterocycles. The maximum Gasteiger partial charge on any atom is 0.227 e. The number of aromatic nitrogens is 1. The number of hydrogen-bond donors (Lipinski definition) is 2. The molecule has 1 aliphatic rings. The Kier molecular flexibility index (Phi) is 2.55. The Labute approximate surface area is 86.3 Å². The molecular formula is C10H12N2O3. The van der Waals surface area contributed by atoms with Crippen LogP contribution in [0.25, 0.3) is 0 Å². The molecule has 80 valence electrons. The summed E-state index contributed by atoms with van der Waals surface area (Å²) < 4.78 is 0. The summed E-state index contributed by atoms with van der Waals surface area (Å²) in [6.45, 7) is 0.398. The molecular weight excluding hydrogens is 196 g/mol. The number of nitrogens with one attached hydrogen (secondary N) is 1. The lowest BCUT2D eigenvalue weighted by Gasteiger charge is -2.14. The maximum atomic E-state index is 11.6. The second-order valence-corrected chi connectivity index (χ2v) is 3.65. The van der Waals surface area contributed by atoms with Gasteiger partial charge in [-0.15, -0.1) is 0 Å². The molecule has 5 heteroatoms. The van der Waals surface area contributed by atoms with Crippen molar-refractivity contribution in [2.45, 2.75) is 6.42 Å². The first-order valence-corrected chi connectivity index (χ1v) is 4.80. The van der Waals surface area contributed by atoms with Crippen LogP contribution in [0.2, 0.25) is 0 Å². The molecule has 0 aromatic carbocycles. The maximum absolute atomic E-state index is 11.6. The van der Waals surface area contributed by atoms with Gasteiger partial charge in [0.15, 0.2) is 0 Å². The first kappa shape index (κ1) is 9.92. The summed E-state index contributed by atoms with van der Waals surface area (Å²) in [7, 11) is 0. The molecule has 2 heterocycles. The highest BCUT2D eigenvalue weighted by molar-refractivity contribution is 5.95. The zero-order valence-corrected chi connectivity index (χ0v) is 8.14. The number of pyridine rings is 1. The van der Waals surface area contributed by atoms with E-state index in [9.17, 15) is 9.59 Å². The predicted octanol–water partition coefficient (Wildman–Crippen LogP) is -0.280. The van der Waals surface area contributed by atoms with Crippen molar-refractivity contribution in [2.24, 2.45) is 5.92 Å². The number of anilines is 1. The Morgan fingerprint density at radius 1 is 1.53 bits per heavy atom. The average molecular weight is 208 g/mol. The summed E-state index contributed by atoms with van der Waals surface area (Å²) in [5.74, 6) is -0.164. The fourth-order valence-electron chi connectivity index (χ4n) is 1.75. The highest BCUT2D eigenvalue weighted by atomic mass is 16.3. The fourth-order valence-corrected chi connectivity index (χ4v) is 1.75. The largest absolute Gasteiger partial charge is 0.396 e. The third kappa shape index (κ3) is 1.78. The number of hydrogen-bond acceptors (Lipinski definition) is 3. The summed E-state index contributed by atoms with van der Waals surface area (Å²) in [4.78, 5) is 27.2. The van der Waals surface area contributed by atoms with Crippen LogP contribution >= 0.6 is 0 Å². The molecule has 2 rings (SSSR count). The van der Waals surface area contributed by atoms with E-state index in [2.05, 4.69) is 4.98 Å². The minimum atomic E-state index is -0.180. The van der Waals surface area contributed by atoms with Gasteiger partial charge < -0.3 is 15.0 Å². The van der Waals surface area contributed by atoms with Crippen molar-refractivity contribution >= 4 is 11.6 Å². The quantitative estimate of drug-likeness (QED) is 0.702. The molecule has 1 amide bonds. The van der Waals surface area contributed by atoms with Crippen LogP contribution in [0, 0.1) is 5.92 Å². The third-order valence-electron chi connectivity index (χ3n) is 2.56. The van der Waals surface area contributed by atoms with Crippen LogP contribution in [0.3, 0.4) is 0 Å². The number of H-pyrrole nitrogens is 1. The Bertz CT molecular complexity index is 427. The standard InChI is InChI=1S/C10H12N2O3/c13-6-7-3-10(15)12(5-7)8-4-11-2-1-9(8)14/h1-2,4,7,13H,3,5-6H2,(H,11,14). The van der Waals surface area contributed by atoms with Crippen LogP contribution in [0.4, 0.5) is 5.69 Å². The van der Waals surface area contributed by atoms with Crippen molar-refractivity contribution in [2.75, 3.05) is 18.1 Å². The van der Waals surface area contributed by atoms with E-state index in [1.54, 1.807) is 0 Å². The van der Waals surface area contributed by atoms with E-state index in [-0.39, 0.29) is 23.9 Å². The van der Waals surface area contributed by atoms with E-state index in [1.807, 2.05) is 0 Å². The topological polar surface area (TPSA) is 73.4 Å². The van der Waals surface area contributed by atoms with Gasteiger partial charge in [-0.05, 0) is 0 Å². The third-order valence-corrected chi connectivity index (χ3v) is 2.56. The number of aromatic amines is 1. The van der Waals surface area contributed by atoms with Crippen molar-refractivity contribution in [3.8, 4) is 0 Å². The molecule has 0 saturated carbocycles. The van der Waals surface area contributed by atoms with Gasteiger partial charge in [-0.3, -0.25) is 9.59 Å². The van der Waals surface area contributed by atoms with Gasteiger partial charge in [0.05, 0.1) is 0 Å². The summed E-state index contributed by atoms with van der Waals surface area (Å²) in [5.41, 5.74) is 0.180. The highest BCUT2D eigenvalue weighted by Crippen LogP contribution is 2.21. The number of aliphatic hydroxyl groups is 1. The number of amides is 1. The normalized spacial score (nSPS) is 21.0. The lowest BCUT2D eigenvalue weighted by Crippen LogP contribution is -2.29. The second kappa shape index (κ2) is 3.86. The zero-order valence-electron chi connectivity index (χ0n) is 8.14. The minimum absolute atomic E-state index is 0.0209. The first-order valence-electron chi connectivity index (χ1n) is 4.80. The zero-order chi connectivity index (χ0) is 10.8. The van der Waals surface area contributed by atoms with Crippen LogP contribution in [-0.2, 0) is 4.79 Å². The minimum Gasteiger partial charge on any atom is -0.396 e. The molecule has 1 aromatic rings. The van der Waals surface area contributed by atoms with Gasteiger partial charge >= 0.3 is 0 Å². The molecule has 1 atom stereocenters. The van der Waals surface area contributed by atoms with Gasteiger partial charge in [-0.1, -0.05) is 0 Å². The lowest BCUT2D eigenvalue weighted by molar-refractivity contribution is -0.117. The molecule has 5 nitrogen and oxygen atoms in total. The molecule has 0 spiro atoms. The highest BCUT2D eigenvalue weighted by Gasteiger charge is 2.31. The van der Waals surface area contributed by atoms with Crippen LogP contribution in [0.15, 0.2) is 23.3 Å². The van der Waals surface area contributed by atoms with Crippen LogP contribution in [0.5, 0.6) is 0 Å². The first-order chi connectivity index (χ1) is 7.22. The van der Waals surface area contributed by atoms with Crippen LogP contribution < -0.4 is 10.3 Å². The number of nitrogens with zero attached hydrogens (tertiary/aromatic N) is 1. The monoisotopic (exact) mass is 208 g/mol. The van der Waals surface area contributed by atoms with Gasteiger partial charge in [0.2, 0.25) is 11.3 Å². The van der Waals surface area contributed by atoms with E-state index >= 15 is 0 Å². The van der Waals surface area contributed by atoms with Crippen molar-refractivity contribution in [3.63, 3.8) is 0 Å². The van der Waals surface area contributed by atoms with Crippen molar-refractivity contribution in [1.29, 1.82) is 0 Å². The van der Waals surface area contributed by atoms with E-state index in [0.29, 0.717) is 18.7 Å². The predicted molar refractivity (Wildman–Crippen MR) is 54.6 cm³/mol. The Morgan fingerprint density at radius 3 is 2.93 bits per heavy atom. The van der Waals surface area contributed by atoms with Crippen molar-refractivity contribution in [3.05, 3.63) is 28.7 Å². The van der Waals surface area contributed by atoms with Crippen LogP contribution in [-0.4, -0.2) is 29.1 Å². The van der Waals surface area contributed by atoms with E-state index in [0.717, 1.165) is 0 Å². The SMILES string of the molecule is O=C1CC(CO)CN1c1c[nH]ccc1=O. The molecule has 0 radical (unpaired) electrons. The van der Waals surface area contributed by atoms with E-state index in [4.69, 9.17) is 5.11 Å². The Morgan fingerprint density at radius 2 is 2.33 bits per heavy atom. The molecule has 1 fully saturated rings. The van der Waals surface area contributed by atoms with Gasteiger partial charge in [-0.25, -0.2) is 0 Å². The second-order valence-electron chi connectivity index (χ2n) is 3.65. The molecule has 2 N–H and O–H groups in total. The van der Waals surface area contributed by atoms with E-state index in [1.165, 1.54) is 23.4 Å². The summed E-state index contributed by atoms with van der Waals surface area (Å²) >= 11 is 0. The summed E-state index contributed by atoms with van der Waals surface area (Å²) in [6.07, 6.45) is 3.35. The molecule has 15 heavy (non-hydrogen) atoms. The van der Waals surface area contributed by atoms with Gasteiger partial charge in [-0.2, -0.15) is 0 Å². The van der Waals surface area contributed by atoms with Gasteiger partial charge in [0.25, 0.3) is 0 Å². The molecule has 0 bridgehead atoms. The molecule has 0 aliphatic carbocycles. The van der Waals surface area contributed by atoms with Crippen LogP contribution in [0.1, 0.15) is 6.42 Å².